The predicted molar refractivity (Wildman–Crippen MR) is 46.2 cm³/mol. The summed E-state index contributed by atoms with van der Waals surface area (Å²) in [7, 11) is 0. The highest BCUT2D eigenvalue weighted by atomic mass is 32.1. The lowest BCUT2D eigenvalue weighted by atomic mass is 10.2. The zero-order valence-corrected chi connectivity index (χ0v) is 6.49. The van der Waals surface area contributed by atoms with Gasteiger partial charge in [0, 0.05) is 10.1 Å². The topological polar surface area (TPSA) is 26.0 Å². The van der Waals surface area contributed by atoms with Crippen LogP contribution in [0.2, 0.25) is 0 Å². The van der Waals surface area contributed by atoms with Crippen LogP contribution in [-0.2, 0) is 0 Å². The third kappa shape index (κ3) is 0.886. The van der Waals surface area contributed by atoms with Crippen LogP contribution in [0.15, 0.2) is 23.6 Å². The van der Waals surface area contributed by atoms with E-state index in [1.54, 1.807) is 17.4 Å². The molecule has 2 N–H and O–H groups in total. The Balaban J connectivity index is 2.93. The molecule has 1 heterocycles. The zero-order valence-electron chi connectivity index (χ0n) is 5.67. The van der Waals surface area contributed by atoms with Gasteiger partial charge in [-0.3, -0.25) is 0 Å². The van der Waals surface area contributed by atoms with Crippen LogP contribution in [0.1, 0.15) is 0 Å². The molecule has 0 saturated heterocycles. The van der Waals surface area contributed by atoms with E-state index in [1.165, 1.54) is 6.07 Å². The molecule has 0 radical (unpaired) electrons. The number of benzene rings is 1. The van der Waals surface area contributed by atoms with E-state index in [0.29, 0.717) is 0 Å². The van der Waals surface area contributed by atoms with E-state index in [2.05, 4.69) is 0 Å². The van der Waals surface area contributed by atoms with E-state index < -0.39 is 0 Å². The number of rotatable bonds is 0. The van der Waals surface area contributed by atoms with E-state index in [4.69, 9.17) is 5.73 Å². The van der Waals surface area contributed by atoms with Crippen molar-refractivity contribution in [1.29, 1.82) is 0 Å². The molecule has 56 valence electrons. The molecule has 0 atom stereocenters. The molecule has 0 aliphatic heterocycles. The van der Waals surface area contributed by atoms with Gasteiger partial charge in [-0.05, 0) is 23.6 Å². The summed E-state index contributed by atoms with van der Waals surface area (Å²) in [5.41, 5.74) is 5.75. The van der Waals surface area contributed by atoms with Gasteiger partial charge in [0.1, 0.15) is 5.82 Å². The van der Waals surface area contributed by atoms with Crippen molar-refractivity contribution < 1.29 is 4.39 Å². The number of hydrogen-bond donors (Lipinski definition) is 1. The first-order valence-electron chi connectivity index (χ1n) is 3.20. The van der Waals surface area contributed by atoms with Crippen molar-refractivity contribution in [1.82, 2.24) is 0 Å². The molecule has 0 spiro atoms. The number of anilines is 1. The Morgan fingerprint density at radius 2 is 2.09 bits per heavy atom. The Morgan fingerprint density at radius 1 is 1.27 bits per heavy atom. The third-order valence-electron chi connectivity index (χ3n) is 1.62. The molecule has 2 aromatic rings. The maximum absolute atomic E-state index is 12.8. The third-order valence-corrected chi connectivity index (χ3v) is 2.51. The molecule has 1 aromatic carbocycles. The van der Waals surface area contributed by atoms with Crippen LogP contribution in [0.4, 0.5) is 10.1 Å². The monoisotopic (exact) mass is 167 g/mol. The molecule has 1 nitrogen and oxygen atoms in total. The largest absolute Gasteiger partial charge is 0.396 e. The van der Waals surface area contributed by atoms with Gasteiger partial charge in [-0.15, -0.1) is 11.3 Å². The predicted octanol–water partition coefficient (Wildman–Crippen LogP) is 2.62. The fourth-order valence-corrected chi connectivity index (χ4v) is 1.84. The van der Waals surface area contributed by atoms with Gasteiger partial charge in [-0.25, -0.2) is 4.39 Å². The normalized spacial score (nSPS) is 10.6. The molecule has 0 saturated carbocycles. The number of hydrogen-bond acceptors (Lipinski definition) is 2. The first kappa shape index (κ1) is 6.61. The first-order chi connectivity index (χ1) is 5.29. The van der Waals surface area contributed by atoms with Crippen molar-refractivity contribution in [2.75, 3.05) is 5.73 Å². The van der Waals surface area contributed by atoms with Crippen molar-refractivity contribution >= 4 is 27.1 Å². The highest BCUT2D eigenvalue weighted by Gasteiger charge is 2.03. The average molecular weight is 167 g/mol. The number of thiophene rings is 1. The summed E-state index contributed by atoms with van der Waals surface area (Å²) in [5, 5.41) is 2.72. The van der Waals surface area contributed by atoms with Gasteiger partial charge >= 0.3 is 0 Å². The Labute approximate surface area is 67.3 Å². The quantitative estimate of drug-likeness (QED) is 0.600. The van der Waals surface area contributed by atoms with Crippen LogP contribution in [0.3, 0.4) is 0 Å². The second-order valence-electron chi connectivity index (χ2n) is 2.29. The lowest BCUT2D eigenvalue weighted by Gasteiger charge is -1.96. The van der Waals surface area contributed by atoms with Crippen molar-refractivity contribution in [2.24, 2.45) is 0 Å². The van der Waals surface area contributed by atoms with Crippen molar-refractivity contribution in [2.45, 2.75) is 0 Å². The minimum Gasteiger partial charge on any atom is -0.396 e. The van der Waals surface area contributed by atoms with Crippen molar-refractivity contribution in [3.63, 3.8) is 0 Å². The Kier molecular flexibility index (Phi) is 1.32. The van der Waals surface area contributed by atoms with Crippen LogP contribution < -0.4 is 5.73 Å². The average Bonchev–Trinajstić information content (AvgIpc) is 2.45. The number of halogens is 1. The van der Waals surface area contributed by atoms with E-state index in [-0.39, 0.29) is 11.5 Å². The maximum atomic E-state index is 12.8. The summed E-state index contributed by atoms with van der Waals surface area (Å²) >= 11 is 1.56. The summed E-state index contributed by atoms with van der Waals surface area (Å²) in [4.78, 5) is 0. The molecule has 2 rings (SSSR count). The second kappa shape index (κ2) is 2.20. The Hall–Kier alpha value is -1.09. The summed E-state index contributed by atoms with van der Waals surface area (Å²) in [6, 6.07) is 4.97. The Morgan fingerprint density at radius 3 is 2.91 bits per heavy atom. The molecule has 1 aromatic heterocycles. The molecule has 0 aliphatic carbocycles. The maximum Gasteiger partial charge on any atom is 0.146 e. The van der Waals surface area contributed by atoms with Gasteiger partial charge in [-0.1, -0.05) is 0 Å². The Bertz CT molecular complexity index is 394. The van der Waals surface area contributed by atoms with Crippen LogP contribution >= 0.6 is 11.3 Å². The highest BCUT2D eigenvalue weighted by Crippen LogP contribution is 2.27. The molecule has 0 aliphatic rings. The molecule has 0 unspecified atom stereocenters. The lowest BCUT2D eigenvalue weighted by molar-refractivity contribution is 0.634. The standard InChI is InChI=1S/C8H6FNS/c9-6-1-2-7-5(8(6)10)3-4-11-7/h1-4H,10H2. The van der Waals surface area contributed by atoms with E-state index in [1.807, 2.05) is 11.4 Å². The van der Waals surface area contributed by atoms with Crippen LogP contribution in [0.5, 0.6) is 0 Å². The first-order valence-corrected chi connectivity index (χ1v) is 4.08. The zero-order chi connectivity index (χ0) is 7.84. The van der Waals surface area contributed by atoms with Crippen LogP contribution in [0, 0.1) is 5.82 Å². The minimum atomic E-state index is -0.337. The summed E-state index contributed by atoms with van der Waals surface area (Å²) in [6.07, 6.45) is 0. The van der Waals surface area contributed by atoms with Gasteiger partial charge in [0.25, 0.3) is 0 Å². The molecular weight excluding hydrogens is 161 g/mol. The molecular formula is C8H6FNS. The van der Waals surface area contributed by atoms with Crippen LogP contribution in [0.25, 0.3) is 10.1 Å². The summed E-state index contributed by atoms with van der Waals surface area (Å²) in [5.74, 6) is -0.337. The molecule has 3 heteroatoms. The number of nitrogen functional groups attached to an aromatic ring is 1. The van der Waals surface area contributed by atoms with E-state index in [0.717, 1.165) is 10.1 Å². The molecule has 0 bridgehead atoms. The minimum absolute atomic E-state index is 0.253. The lowest BCUT2D eigenvalue weighted by Crippen LogP contribution is -1.89. The number of nitrogens with two attached hydrogens (primary N) is 1. The molecule has 11 heavy (non-hydrogen) atoms. The van der Waals surface area contributed by atoms with Gasteiger partial charge in [-0.2, -0.15) is 0 Å². The fraction of sp³-hybridized carbons (Fsp3) is 0. The van der Waals surface area contributed by atoms with Crippen LogP contribution in [-0.4, -0.2) is 0 Å². The smallest absolute Gasteiger partial charge is 0.146 e. The highest BCUT2D eigenvalue weighted by molar-refractivity contribution is 7.17. The number of fused-ring (bicyclic) bond motifs is 1. The van der Waals surface area contributed by atoms with Gasteiger partial charge in [0.2, 0.25) is 0 Å². The fourth-order valence-electron chi connectivity index (χ4n) is 1.04. The van der Waals surface area contributed by atoms with Gasteiger partial charge in [0.15, 0.2) is 0 Å². The molecule has 0 fully saturated rings. The van der Waals surface area contributed by atoms with E-state index >= 15 is 0 Å². The summed E-state index contributed by atoms with van der Waals surface area (Å²) < 4.78 is 13.8. The second-order valence-corrected chi connectivity index (χ2v) is 3.24. The van der Waals surface area contributed by atoms with Gasteiger partial charge in [0.05, 0.1) is 5.69 Å². The summed E-state index contributed by atoms with van der Waals surface area (Å²) in [6.45, 7) is 0. The van der Waals surface area contributed by atoms with Crippen molar-refractivity contribution in [3.05, 3.63) is 29.4 Å². The van der Waals surface area contributed by atoms with E-state index in [9.17, 15) is 4.39 Å². The molecule has 0 amide bonds. The van der Waals surface area contributed by atoms with Gasteiger partial charge < -0.3 is 5.73 Å². The van der Waals surface area contributed by atoms with Crippen molar-refractivity contribution in [3.8, 4) is 0 Å². The SMILES string of the molecule is Nc1c(F)ccc2sccc12.